The predicted molar refractivity (Wildman–Crippen MR) is 124 cm³/mol. The van der Waals surface area contributed by atoms with E-state index < -0.39 is 11.7 Å². The molecule has 1 aliphatic carbocycles. The molecule has 0 saturated carbocycles. The molecule has 2 unspecified atom stereocenters. The number of H-pyrrole nitrogens is 1. The van der Waals surface area contributed by atoms with Crippen LogP contribution in [0.2, 0.25) is 0 Å². The number of likely N-dealkylation sites (N-methyl/N-ethyl adjacent to an activating group) is 1. The Labute approximate surface area is 185 Å². The van der Waals surface area contributed by atoms with Crippen molar-refractivity contribution in [3.63, 3.8) is 0 Å². The van der Waals surface area contributed by atoms with Crippen LogP contribution in [-0.4, -0.2) is 59.1 Å². The van der Waals surface area contributed by atoms with Crippen LogP contribution in [0.3, 0.4) is 0 Å². The summed E-state index contributed by atoms with van der Waals surface area (Å²) in [5.74, 6) is -2.01. The monoisotopic (exact) mass is 435 g/mol. The second-order valence-electron chi connectivity index (χ2n) is 8.84. The fourth-order valence-electron chi connectivity index (χ4n) is 4.71. The van der Waals surface area contributed by atoms with E-state index in [4.69, 9.17) is 10.7 Å². The highest BCUT2D eigenvalue weighted by atomic mass is 19.1. The van der Waals surface area contributed by atoms with Gasteiger partial charge >= 0.3 is 0 Å². The van der Waals surface area contributed by atoms with Gasteiger partial charge in [0.05, 0.1) is 22.1 Å². The van der Waals surface area contributed by atoms with Gasteiger partial charge in [-0.2, -0.15) is 0 Å². The maximum absolute atomic E-state index is 14.0. The molecule has 4 N–H and O–H groups in total. The van der Waals surface area contributed by atoms with Crippen molar-refractivity contribution in [3.8, 4) is 0 Å². The van der Waals surface area contributed by atoms with Gasteiger partial charge in [-0.05, 0) is 63.4 Å². The number of fused-ring (bicyclic) bond motifs is 3. The zero-order valence-electron chi connectivity index (χ0n) is 18.1. The van der Waals surface area contributed by atoms with Crippen LogP contribution in [-0.2, 0) is 0 Å². The average Bonchev–Trinajstić information content (AvgIpc) is 3.39. The molecule has 166 valence electrons. The van der Waals surface area contributed by atoms with Crippen LogP contribution in [0.5, 0.6) is 0 Å². The number of anilines is 1. The maximum Gasteiger partial charge on any atom is 0.250 e. The van der Waals surface area contributed by atoms with Crippen molar-refractivity contribution in [2.75, 3.05) is 32.1 Å². The predicted octanol–water partition coefficient (Wildman–Crippen LogP) is 3.74. The van der Waals surface area contributed by atoms with E-state index in [0.29, 0.717) is 34.8 Å². The number of aromatic nitrogens is 2. The van der Waals surface area contributed by atoms with Crippen LogP contribution >= 0.6 is 0 Å². The topological polar surface area (TPSA) is 98.5 Å². The Morgan fingerprint density at radius 2 is 2.16 bits per heavy atom. The molecule has 2 aromatic heterocycles. The van der Waals surface area contributed by atoms with Crippen LogP contribution in [0, 0.1) is 0 Å². The first-order chi connectivity index (χ1) is 15.3. The summed E-state index contributed by atoms with van der Waals surface area (Å²) < 4.78 is 14.0. The van der Waals surface area contributed by atoms with Crippen molar-refractivity contribution in [2.45, 2.75) is 24.8 Å². The highest BCUT2D eigenvalue weighted by molar-refractivity contribution is 6.13. The molecular weight excluding hydrogens is 409 g/mol. The molecule has 0 bridgehead atoms. The second kappa shape index (κ2) is 7.63. The van der Waals surface area contributed by atoms with Crippen molar-refractivity contribution in [1.29, 1.82) is 0 Å². The van der Waals surface area contributed by atoms with Crippen LogP contribution in [0.1, 0.15) is 34.8 Å². The van der Waals surface area contributed by atoms with E-state index in [0.717, 1.165) is 36.1 Å². The zero-order chi connectivity index (χ0) is 22.6. The van der Waals surface area contributed by atoms with E-state index in [1.54, 1.807) is 6.07 Å². The molecule has 3 heterocycles. The summed E-state index contributed by atoms with van der Waals surface area (Å²) in [7, 11) is 4.21. The molecule has 8 heteroatoms. The van der Waals surface area contributed by atoms with Crippen molar-refractivity contribution in [2.24, 2.45) is 5.73 Å². The number of primary amides is 1. The van der Waals surface area contributed by atoms with Gasteiger partial charge in [0, 0.05) is 41.8 Å². The molecule has 0 spiro atoms. The Hall–Kier alpha value is -3.39. The van der Waals surface area contributed by atoms with Crippen LogP contribution in [0.4, 0.5) is 10.1 Å². The Kier molecular flexibility index (Phi) is 4.89. The number of nitrogens with zero attached hydrogens (tertiary/aromatic N) is 3. The number of carbonyl (C=O) groups is 1. The molecule has 1 aromatic carbocycles. The number of benzene rings is 1. The van der Waals surface area contributed by atoms with E-state index in [2.05, 4.69) is 41.0 Å². The van der Waals surface area contributed by atoms with Gasteiger partial charge in [-0.1, -0.05) is 0 Å². The molecule has 3 aromatic rings. The maximum atomic E-state index is 14.0. The number of pyridine rings is 1. The minimum absolute atomic E-state index is 0.323. The van der Waals surface area contributed by atoms with Crippen molar-refractivity contribution in [1.82, 2.24) is 14.9 Å². The minimum Gasteiger partial charge on any atom is -0.505 e. The molecule has 2 aliphatic rings. The molecule has 5 rings (SSSR count). The summed E-state index contributed by atoms with van der Waals surface area (Å²) >= 11 is 0. The third-order valence-electron chi connectivity index (χ3n) is 6.62. The number of hydrogen-bond donors (Lipinski definition) is 3. The third kappa shape index (κ3) is 3.40. The summed E-state index contributed by atoms with van der Waals surface area (Å²) in [5.41, 5.74) is 9.76. The third-order valence-corrected chi connectivity index (χ3v) is 6.62. The highest BCUT2D eigenvalue weighted by Gasteiger charge is 2.25. The molecule has 2 atom stereocenters. The Morgan fingerprint density at radius 3 is 2.84 bits per heavy atom. The van der Waals surface area contributed by atoms with Crippen molar-refractivity contribution >= 4 is 33.5 Å². The molecule has 1 aliphatic heterocycles. The Bertz CT molecular complexity index is 1290. The van der Waals surface area contributed by atoms with E-state index in [9.17, 15) is 14.3 Å². The second-order valence-corrected chi connectivity index (χ2v) is 8.84. The van der Waals surface area contributed by atoms with Gasteiger partial charge in [-0.3, -0.25) is 4.79 Å². The van der Waals surface area contributed by atoms with Crippen molar-refractivity contribution < 1.29 is 14.3 Å². The van der Waals surface area contributed by atoms with Crippen molar-refractivity contribution in [3.05, 3.63) is 59.3 Å². The lowest BCUT2D eigenvalue weighted by Crippen LogP contribution is -2.31. The van der Waals surface area contributed by atoms with Gasteiger partial charge in [-0.15, -0.1) is 0 Å². The van der Waals surface area contributed by atoms with Crippen LogP contribution in [0.25, 0.3) is 21.9 Å². The van der Waals surface area contributed by atoms with E-state index in [-0.39, 0.29) is 11.7 Å². The largest absolute Gasteiger partial charge is 0.505 e. The Morgan fingerprint density at radius 1 is 1.34 bits per heavy atom. The molecule has 1 saturated heterocycles. The standard InChI is InChI=1S/C24H26FN5O2/c1-29(2)15-7-8-30(12-15)14-4-5-16-20(10-14)28-23-17(24(26)32)11-19(27-22(16)23)13-3-6-21(31)18(25)9-13/h4-6,9-11,13,15,28,31H,3,7-8,12H2,1-2H3,(H2,26,32). The Balaban J connectivity index is 1.59. The first-order valence-corrected chi connectivity index (χ1v) is 10.8. The lowest BCUT2D eigenvalue weighted by atomic mass is 9.94. The minimum atomic E-state index is -0.686. The molecule has 7 nitrogen and oxygen atoms in total. The number of hydrogen-bond acceptors (Lipinski definition) is 5. The number of aromatic amines is 1. The molecule has 32 heavy (non-hydrogen) atoms. The molecule has 1 fully saturated rings. The fourth-order valence-corrected chi connectivity index (χ4v) is 4.71. The summed E-state index contributed by atoms with van der Waals surface area (Å²) in [6.07, 6.45) is 4.26. The number of aliphatic hydroxyl groups excluding tert-OH is 1. The van der Waals surface area contributed by atoms with Gasteiger partial charge in [-0.25, -0.2) is 9.37 Å². The van der Waals surface area contributed by atoms with E-state index in [1.165, 1.54) is 12.2 Å². The average molecular weight is 436 g/mol. The first-order valence-electron chi connectivity index (χ1n) is 10.8. The number of nitrogens with one attached hydrogen (secondary N) is 1. The molecule has 1 amide bonds. The lowest BCUT2D eigenvalue weighted by molar-refractivity contribution is 0.100. The quantitative estimate of drug-likeness (QED) is 0.580. The summed E-state index contributed by atoms with van der Waals surface area (Å²) in [6, 6.07) is 8.31. The van der Waals surface area contributed by atoms with Gasteiger partial charge in [0.25, 0.3) is 5.91 Å². The number of aliphatic hydroxyl groups is 1. The lowest BCUT2D eigenvalue weighted by Gasteiger charge is -2.21. The number of rotatable bonds is 4. The first kappa shape index (κ1) is 20.5. The van der Waals surface area contributed by atoms with E-state index in [1.807, 2.05) is 6.07 Å². The number of nitrogens with two attached hydrogens (primary N) is 1. The highest BCUT2D eigenvalue weighted by Crippen LogP contribution is 2.35. The SMILES string of the molecule is CN(C)C1CCN(c2ccc3c(c2)[nH]c2c(C(N)=O)cc(C4C=C(F)C(O)=CC4)nc23)C1. The normalized spacial score (nSPS) is 21.4. The molecule has 0 radical (unpaired) electrons. The van der Waals surface area contributed by atoms with Crippen LogP contribution in [0.15, 0.2) is 48.0 Å². The summed E-state index contributed by atoms with van der Waals surface area (Å²) in [5, 5.41) is 10.4. The number of allylic oxidation sites excluding steroid dienone is 3. The van der Waals surface area contributed by atoms with Gasteiger partial charge in [0.1, 0.15) is 5.76 Å². The summed E-state index contributed by atoms with van der Waals surface area (Å²) in [6.45, 7) is 1.96. The number of halogens is 1. The fraction of sp³-hybridized carbons (Fsp3) is 0.333. The number of amides is 1. The van der Waals surface area contributed by atoms with E-state index >= 15 is 0 Å². The van der Waals surface area contributed by atoms with Gasteiger partial charge in [0.2, 0.25) is 0 Å². The smallest absolute Gasteiger partial charge is 0.250 e. The van der Waals surface area contributed by atoms with Gasteiger partial charge < -0.3 is 25.6 Å². The number of carbonyl (C=O) groups excluding carboxylic acids is 1. The van der Waals surface area contributed by atoms with Gasteiger partial charge in [0.15, 0.2) is 5.83 Å². The van der Waals surface area contributed by atoms with Crippen LogP contribution < -0.4 is 10.6 Å². The summed E-state index contributed by atoms with van der Waals surface area (Å²) in [4.78, 5) is 25.0. The molecular formula is C24H26FN5O2. The zero-order valence-corrected chi connectivity index (χ0v) is 18.1.